The second-order valence-corrected chi connectivity index (χ2v) is 3.55. The Balaban J connectivity index is 2.60. The van der Waals surface area contributed by atoms with Crippen LogP contribution in [0.5, 0.6) is 0 Å². The summed E-state index contributed by atoms with van der Waals surface area (Å²) in [6.07, 6.45) is 0. The van der Waals surface area contributed by atoms with Gasteiger partial charge in [-0.2, -0.15) is 0 Å². The molecule has 0 unspecified atom stereocenters. The molecule has 0 aliphatic carbocycles. The van der Waals surface area contributed by atoms with Crippen molar-refractivity contribution in [1.29, 1.82) is 0 Å². The summed E-state index contributed by atoms with van der Waals surface area (Å²) in [5.74, 6) is 0. The molecule has 0 radical (unpaired) electrons. The number of rotatable bonds is 3. The number of benzene rings is 1. The molecule has 0 spiro atoms. The molecule has 1 aromatic rings. The van der Waals surface area contributed by atoms with Crippen molar-refractivity contribution < 1.29 is 4.79 Å². The monoisotopic (exact) mass is 207 g/mol. The molecule has 1 rings (SSSR count). The van der Waals surface area contributed by atoms with Gasteiger partial charge in [0, 0.05) is 18.8 Å². The van der Waals surface area contributed by atoms with E-state index in [4.69, 9.17) is 5.73 Å². The highest BCUT2D eigenvalue weighted by atomic mass is 16.2. The molecule has 1 aromatic carbocycles. The van der Waals surface area contributed by atoms with Crippen molar-refractivity contribution in [3.63, 3.8) is 0 Å². The molecule has 0 aliphatic heterocycles. The normalized spacial score (nSPS) is 9.80. The maximum Gasteiger partial charge on any atom is 0.319 e. The maximum atomic E-state index is 11.3. The van der Waals surface area contributed by atoms with Crippen molar-refractivity contribution in [2.45, 2.75) is 13.8 Å². The van der Waals surface area contributed by atoms with E-state index < -0.39 is 0 Å². The highest BCUT2D eigenvalue weighted by molar-refractivity contribution is 5.89. The van der Waals surface area contributed by atoms with Crippen LogP contribution in [0.2, 0.25) is 0 Å². The quantitative estimate of drug-likeness (QED) is 0.701. The number of anilines is 1. The Morgan fingerprint density at radius 2 is 1.87 bits per heavy atom. The second-order valence-electron chi connectivity index (χ2n) is 3.55. The molecular formula is C11H17N3O. The summed E-state index contributed by atoms with van der Waals surface area (Å²) >= 11 is 0. The molecule has 0 bridgehead atoms. The van der Waals surface area contributed by atoms with Crippen molar-refractivity contribution in [2.24, 2.45) is 5.73 Å². The average Bonchev–Trinajstić information content (AvgIpc) is 2.13. The summed E-state index contributed by atoms with van der Waals surface area (Å²) in [6, 6.07) is 5.69. The van der Waals surface area contributed by atoms with Crippen molar-refractivity contribution in [2.75, 3.05) is 18.4 Å². The average molecular weight is 207 g/mol. The van der Waals surface area contributed by atoms with Gasteiger partial charge in [-0.1, -0.05) is 6.07 Å². The zero-order valence-corrected chi connectivity index (χ0v) is 9.13. The fourth-order valence-electron chi connectivity index (χ4n) is 1.41. The van der Waals surface area contributed by atoms with Gasteiger partial charge in [-0.15, -0.1) is 0 Å². The zero-order valence-electron chi connectivity index (χ0n) is 9.13. The molecule has 15 heavy (non-hydrogen) atoms. The van der Waals surface area contributed by atoms with Crippen LogP contribution in [0.15, 0.2) is 18.2 Å². The van der Waals surface area contributed by atoms with E-state index in [1.807, 2.05) is 26.0 Å². The van der Waals surface area contributed by atoms with Crippen LogP contribution in [0.1, 0.15) is 11.1 Å². The predicted molar refractivity (Wildman–Crippen MR) is 62.0 cm³/mol. The number of carbonyl (C=O) groups excluding carboxylic acids is 1. The van der Waals surface area contributed by atoms with Gasteiger partial charge in [-0.25, -0.2) is 4.79 Å². The Hall–Kier alpha value is -1.55. The highest BCUT2D eigenvalue weighted by Gasteiger charge is 2.00. The molecule has 0 aromatic heterocycles. The van der Waals surface area contributed by atoms with Crippen LogP contribution in [-0.2, 0) is 0 Å². The molecule has 4 N–H and O–H groups in total. The lowest BCUT2D eigenvalue weighted by molar-refractivity contribution is 0.252. The Bertz CT molecular complexity index is 329. The Kier molecular flexibility index (Phi) is 4.12. The first-order valence-electron chi connectivity index (χ1n) is 4.95. The number of hydrogen-bond donors (Lipinski definition) is 3. The fourth-order valence-corrected chi connectivity index (χ4v) is 1.41. The van der Waals surface area contributed by atoms with E-state index in [1.54, 1.807) is 0 Å². The highest BCUT2D eigenvalue weighted by Crippen LogP contribution is 2.13. The van der Waals surface area contributed by atoms with E-state index >= 15 is 0 Å². The van der Waals surface area contributed by atoms with Gasteiger partial charge >= 0.3 is 6.03 Å². The van der Waals surface area contributed by atoms with E-state index in [2.05, 4.69) is 16.7 Å². The molecule has 4 nitrogen and oxygen atoms in total. The van der Waals surface area contributed by atoms with Crippen molar-refractivity contribution in [3.8, 4) is 0 Å². The van der Waals surface area contributed by atoms with Crippen LogP contribution in [0.3, 0.4) is 0 Å². The van der Waals surface area contributed by atoms with E-state index in [1.165, 1.54) is 0 Å². The van der Waals surface area contributed by atoms with E-state index in [-0.39, 0.29) is 6.03 Å². The molecule has 0 heterocycles. The number of nitrogens with two attached hydrogens (primary N) is 1. The number of aryl methyl sites for hydroxylation is 2. The van der Waals surface area contributed by atoms with Gasteiger partial charge in [0.25, 0.3) is 0 Å². The Labute approximate surface area is 89.9 Å². The van der Waals surface area contributed by atoms with Crippen LogP contribution in [0.4, 0.5) is 10.5 Å². The summed E-state index contributed by atoms with van der Waals surface area (Å²) < 4.78 is 0. The van der Waals surface area contributed by atoms with E-state index in [0.717, 1.165) is 16.8 Å². The third-order valence-corrected chi connectivity index (χ3v) is 1.91. The number of nitrogens with one attached hydrogen (secondary N) is 2. The third kappa shape index (κ3) is 3.99. The van der Waals surface area contributed by atoms with Crippen LogP contribution in [-0.4, -0.2) is 19.1 Å². The largest absolute Gasteiger partial charge is 0.337 e. The molecular weight excluding hydrogens is 190 g/mol. The lowest BCUT2D eigenvalue weighted by atomic mass is 10.1. The predicted octanol–water partition coefficient (Wildman–Crippen LogP) is 1.38. The van der Waals surface area contributed by atoms with Crippen molar-refractivity contribution in [3.05, 3.63) is 29.3 Å². The van der Waals surface area contributed by atoms with Gasteiger partial charge in [0.2, 0.25) is 0 Å². The molecule has 0 fully saturated rings. The Morgan fingerprint density at radius 1 is 1.27 bits per heavy atom. The first-order chi connectivity index (χ1) is 7.11. The van der Waals surface area contributed by atoms with Crippen LogP contribution < -0.4 is 16.4 Å². The summed E-state index contributed by atoms with van der Waals surface area (Å²) in [7, 11) is 0. The number of hydrogen-bond acceptors (Lipinski definition) is 2. The van der Waals surface area contributed by atoms with Gasteiger partial charge in [0.05, 0.1) is 0 Å². The van der Waals surface area contributed by atoms with Gasteiger partial charge < -0.3 is 16.4 Å². The second kappa shape index (κ2) is 5.36. The number of carbonyl (C=O) groups is 1. The number of urea groups is 1. The standard InChI is InChI=1S/C11H17N3O/c1-8-5-9(2)7-10(6-8)14-11(15)13-4-3-12/h5-7H,3-4,12H2,1-2H3,(H2,13,14,15). The lowest BCUT2D eigenvalue weighted by Crippen LogP contribution is -2.32. The zero-order chi connectivity index (χ0) is 11.3. The van der Waals surface area contributed by atoms with Gasteiger partial charge in [-0.05, 0) is 37.1 Å². The topological polar surface area (TPSA) is 67.2 Å². The summed E-state index contributed by atoms with van der Waals surface area (Å²) in [4.78, 5) is 11.3. The molecule has 0 saturated carbocycles. The molecule has 4 heteroatoms. The lowest BCUT2D eigenvalue weighted by Gasteiger charge is -2.08. The van der Waals surface area contributed by atoms with Gasteiger partial charge in [-0.3, -0.25) is 0 Å². The van der Waals surface area contributed by atoms with Gasteiger partial charge in [0.1, 0.15) is 0 Å². The van der Waals surface area contributed by atoms with E-state index in [0.29, 0.717) is 13.1 Å². The van der Waals surface area contributed by atoms with Crippen molar-refractivity contribution in [1.82, 2.24) is 5.32 Å². The van der Waals surface area contributed by atoms with E-state index in [9.17, 15) is 4.79 Å². The smallest absolute Gasteiger partial charge is 0.319 e. The SMILES string of the molecule is Cc1cc(C)cc(NC(=O)NCCN)c1. The third-order valence-electron chi connectivity index (χ3n) is 1.91. The maximum absolute atomic E-state index is 11.3. The summed E-state index contributed by atoms with van der Waals surface area (Å²) in [5, 5.41) is 5.40. The Morgan fingerprint density at radius 3 is 2.40 bits per heavy atom. The number of amides is 2. The van der Waals surface area contributed by atoms with Crippen molar-refractivity contribution >= 4 is 11.7 Å². The van der Waals surface area contributed by atoms with Crippen LogP contribution >= 0.6 is 0 Å². The summed E-state index contributed by atoms with van der Waals surface area (Å²) in [5.41, 5.74) is 8.34. The first-order valence-corrected chi connectivity index (χ1v) is 4.95. The minimum atomic E-state index is -0.217. The van der Waals surface area contributed by atoms with Crippen LogP contribution in [0, 0.1) is 13.8 Å². The fraction of sp³-hybridized carbons (Fsp3) is 0.364. The summed E-state index contributed by atoms with van der Waals surface area (Å²) in [6.45, 7) is 4.92. The molecule has 0 aliphatic rings. The minimum Gasteiger partial charge on any atom is -0.337 e. The molecule has 2 amide bonds. The molecule has 82 valence electrons. The molecule has 0 saturated heterocycles. The minimum absolute atomic E-state index is 0.217. The molecule has 0 atom stereocenters. The van der Waals surface area contributed by atoms with Gasteiger partial charge in [0.15, 0.2) is 0 Å². The van der Waals surface area contributed by atoms with Crippen LogP contribution in [0.25, 0.3) is 0 Å². The first kappa shape index (κ1) is 11.5.